The molecule has 0 aliphatic rings. The van der Waals surface area contributed by atoms with Crippen molar-refractivity contribution in [3.05, 3.63) is 29.8 Å². The summed E-state index contributed by atoms with van der Waals surface area (Å²) in [7, 11) is 0. The Hall–Kier alpha value is -1.23. The van der Waals surface area contributed by atoms with Crippen molar-refractivity contribution in [2.75, 3.05) is 13.2 Å². The molecule has 104 valence electrons. The molecule has 0 amide bonds. The van der Waals surface area contributed by atoms with E-state index in [0.717, 1.165) is 0 Å². The van der Waals surface area contributed by atoms with E-state index < -0.39 is 11.6 Å². The highest BCUT2D eigenvalue weighted by molar-refractivity contribution is 8.00. The van der Waals surface area contributed by atoms with Gasteiger partial charge in [0.2, 0.25) is 0 Å². The van der Waals surface area contributed by atoms with Gasteiger partial charge in [0.15, 0.2) is 0 Å². The first-order valence-corrected chi connectivity index (χ1v) is 6.37. The van der Waals surface area contributed by atoms with Crippen molar-refractivity contribution in [1.82, 2.24) is 5.32 Å². The monoisotopic (exact) mass is 290 g/mol. The van der Waals surface area contributed by atoms with Gasteiger partial charge in [-0.15, -0.1) is 0 Å². The summed E-state index contributed by atoms with van der Waals surface area (Å²) in [5, 5.41) is 20.5. The lowest BCUT2D eigenvalue weighted by Crippen LogP contribution is -2.21. The van der Waals surface area contributed by atoms with E-state index in [0.29, 0.717) is 18.5 Å². The Morgan fingerprint density at radius 1 is 1.32 bits per heavy atom. The maximum Gasteiger partial charge on any atom is 0.446 e. The minimum Gasteiger partial charge on any atom is -0.396 e. The van der Waals surface area contributed by atoms with E-state index in [1.54, 1.807) is 0 Å². The Kier molecular flexibility index (Phi) is 6.15. The number of aliphatic hydroxyl groups is 1. The second-order valence-corrected chi connectivity index (χ2v) is 4.85. The Labute approximate surface area is 113 Å². The van der Waals surface area contributed by atoms with Gasteiger partial charge in [0, 0.05) is 11.5 Å². The summed E-state index contributed by atoms with van der Waals surface area (Å²) in [6.45, 7) is 0.486. The number of nitriles is 1. The van der Waals surface area contributed by atoms with Gasteiger partial charge in [-0.2, -0.15) is 18.4 Å². The number of hydrogen-bond acceptors (Lipinski definition) is 4. The Morgan fingerprint density at radius 2 is 1.95 bits per heavy atom. The molecule has 1 aromatic rings. The van der Waals surface area contributed by atoms with Crippen LogP contribution in [0.2, 0.25) is 0 Å². The van der Waals surface area contributed by atoms with Crippen LogP contribution in [0.15, 0.2) is 29.2 Å². The van der Waals surface area contributed by atoms with Gasteiger partial charge in [0.25, 0.3) is 0 Å². The lowest BCUT2D eigenvalue weighted by Gasteiger charge is -2.12. The summed E-state index contributed by atoms with van der Waals surface area (Å²) in [5.41, 5.74) is -3.71. The van der Waals surface area contributed by atoms with E-state index in [1.807, 2.05) is 6.07 Å². The van der Waals surface area contributed by atoms with Gasteiger partial charge in [-0.3, -0.25) is 5.32 Å². The third-order valence-electron chi connectivity index (χ3n) is 2.26. The first kappa shape index (κ1) is 15.8. The summed E-state index contributed by atoms with van der Waals surface area (Å²) < 4.78 is 36.4. The van der Waals surface area contributed by atoms with Gasteiger partial charge < -0.3 is 5.11 Å². The first-order valence-electron chi connectivity index (χ1n) is 5.56. The van der Waals surface area contributed by atoms with Crippen molar-refractivity contribution in [3.8, 4) is 6.07 Å². The molecule has 1 atom stereocenters. The Bertz CT molecular complexity index is 428. The molecule has 0 saturated heterocycles. The quantitative estimate of drug-likeness (QED) is 0.625. The fourth-order valence-corrected chi connectivity index (χ4v) is 1.96. The molecular weight excluding hydrogens is 277 g/mol. The molecule has 0 saturated carbocycles. The van der Waals surface area contributed by atoms with Crippen LogP contribution in [0.25, 0.3) is 0 Å². The molecule has 0 bridgehead atoms. The fourth-order valence-electron chi connectivity index (χ4n) is 1.43. The number of nitrogens with zero attached hydrogens (tertiary/aromatic N) is 1. The minimum atomic E-state index is -4.31. The number of thioether (sulfide) groups is 1. The van der Waals surface area contributed by atoms with Gasteiger partial charge in [0.1, 0.15) is 6.04 Å². The molecule has 0 radical (unpaired) electrons. The van der Waals surface area contributed by atoms with E-state index >= 15 is 0 Å². The highest BCUT2D eigenvalue weighted by atomic mass is 32.2. The highest BCUT2D eigenvalue weighted by Crippen LogP contribution is 2.36. The van der Waals surface area contributed by atoms with Crippen LogP contribution in [0.1, 0.15) is 18.0 Å². The minimum absolute atomic E-state index is 0.0201. The normalized spacial score (nSPS) is 13.0. The molecule has 2 N–H and O–H groups in total. The fraction of sp³-hybridized carbons (Fsp3) is 0.417. The van der Waals surface area contributed by atoms with E-state index in [4.69, 9.17) is 10.4 Å². The molecule has 3 nitrogen and oxygen atoms in total. The van der Waals surface area contributed by atoms with Crippen LogP contribution >= 0.6 is 11.8 Å². The van der Waals surface area contributed by atoms with Crippen LogP contribution in [-0.4, -0.2) is 23.8 Å². The van der Waals surface area contributed by atoms with Gasteiger partial charge >= 0.3 is 5.51 Å². The SMILES string of the molecule is N#CC(NCCCO)c1ccc(SC(F)(F)F)cc1. The largest absolute Gasteiger partial charge is 0.446 e. The van der Waals surface area contributed by atoms with Crippen LogP contribution in [0.3, 0.4) is 0 Å². The van der Waals surface area contributed by atoms with Crippen LogP contribution in [0.4, 0.5) is 13.2 Å². The molecule has 0 heterocycles. The second-order valence-electron chi connectivity index (χ2n) is 3.71. The Morgan fingerprint density at radius 3 is 2.42 bits per heavy atom. The third-order valence-corrected chi connectivity index (χ3v) is 3.00. The van der Waals surface area contributed by atoms with Crippen LogP contribution in [0.5, 0.6) is 0 Å². The van der Waals surface area contributed by atoms with Gasteiger partial charge in [0.05, 0.1) is 6.07 Å². The molecule has 0 aliphatic carbocycles. The van der Waals surface area contributed by atoms with E-state index in [1.165, 1.54) is 24.3 Å². The van der Waals surface area contributed by atoms with E-state index in [9.17, 15) is 13.2 Å². The predicted octanol–water partition coefficient (Wildman–Crippen LogP) is 2.84. The zero-order valence-electron chi connectivity index (χ0n) is 9.94. The van der Waals surface area contributed by atoms with E-state index in [2.05, 4.69) is 5.32 Å². The summed E-state index contributed by atoms with van der Waals surface area (Å²) >= 11 is -0.186. The van der Waals surface area contributed by atoms with Crippen molar-refractivity contribution in [3.63, 3.8) is 0 Å². The number of rotatable bonds is 6. The standard InChI is InChI=1S/C12H13F3N2OS/c13-12(14,15)19-10-4-2-9(3-5-10)11(8-16)17-6-1-7-18/h2-5,11,17-18H,1,6-7H2. The number of hydrogen-bond donors (Lipinski definition) is 2. The van der Waals surface area contributed by atoms with Gasteiger partial charge in [-0.05, 0) is 42.4 Å². The second kappa shape index (κ2) is 7.38. The van der Waals surface area contributed by atoms with Crippen molar-refractivity contribution < 1.29 is 18.3 Å². The predicted molar refractivity (Wildman–Crippen MR) is 66.4 cm³/mol. The van der Waals surface area contributed by atoms with Crippen molar-refractivity contribution in [2.24, 2.45) is 0 Å². The third kappa shape index (κ3) is 5.96. The number of nitrogens with one attached hydrogen (secondary N) is 1. The molecule has 1 rings (SSSR count). The maximum absolute atomic E-state index is 12.1. The number of halogens is 3. The van der Waals surface area contributed by atoms with Crippen LogP contribution < -0.4 is 5.32 Å². The molecule has 0 spiro atoms. The molecule has 7 heteroatoms. The molecule has 0 fully saturated rings. The molecule has 19 heavy (non-hydrogen) atoms. The van der Waals surface area contributed by atoms with Crippen molar-refractivity contribution in [2.45, 2.75) is 22.9 Å². The van der Waals surface area contributed by atoms with Gasteiger partial charge in [-0.25, -0.2) is 0 Å². The van der Waals surface area contributed by atoms with E-state index in [-0.39, 0.29) is 23.3 Å². The summed E-state index contributed by atoms with van der Waals surface area (Å²) in [6, 6.07) is 7.10. The van der Waals surface area contributed by atoms with Crippen LogP contribution in [0, 0.1) is 11.3 Å². The molecule has 0 aliphatic heterocycles. The van der Waals surface area contributed by atoms with Crippen LogP contribution in [-0.2, 0) is 0 Å². The molecule has 1 unspecified atom stereocenters. The number of alkyl halides is 3. The number of benzene rings is 1. The van der Waals surface area contributed by atoms with Gasteiger partial charge in [-0.1, -0.05) is 12.1 Å². The molecule has 0 aromatic heterocycles. The summed E-state index contributed by atoms with van der Waals surface area (Å²) in [6.07, 6.45) is 0.514. The molecular formula is C12H13F3N2OS. The summed E-state index contributed by atoms with van der Waals surface area (Å²) in [4.78, 5) is 0.0864. The number of aliphatic hydroxyl groups excluding tert-OH is 1. The zero-order chi connectivity index (χ0) is 14.3. The maximum atomic E-state index is 12.1. The lowest BCUT2D eigenvalue weighted by atomic mass is 10.1. The highest BCUT2D eigenvalue weighted by Gasteiger charge is 2.29. The molecule has 1 aromatic carbocycles. The topological polar surface area (TPSA) is 56.0 Å². The summed E-state index contributed by atoms with van der Waals surface area (Å²) in [5.74, 6) is 0. The van der Waals surface area contributed by atoms with Crippen molar-refractivity contribution in [1.29, 1.82) is 5.26 Å². The zero-order valence-corrected chi connectivity index (χ0v) is 10.8. The van der Waals surface area contributed by atoms with Crippen molar-refractivity contribution >= 4 is 11.8 Å². The Balaban J connectivity index is 2.66. The average Bonchev–Trinajstić information content (AvgIpc) is 2.34. The smallest absolute Gasteiger partial charge is 0.396 e. The first-order chi connectivity index (χ1) is 8.96. The lowest BCUT2D eigenvalue weighted by molar-refractivity contribution is -0.0328. The average molecular weight is 290 g/mol.